The van der Waals surface area contributed by atoms with Crippen LogP contribution in [0.5, 0.6) is 0 Å². The highest BCUT2D eigenvalue weighted by Crippen LogP contribution is 2.21. The highest BCUT2D eigenvalue weighted by Gasteiger charge is 2.23. The fraction of sp³-hybridized carbons (Fsp3) is 0.929. The van der Waals surface area contributed by atoms with E-state index in [1.165, 1.54) is 0 Å². The molecule has 0 aromatic heterocycles. The average Bonchev–Trinajstić information content (AvgIpc) is 2.10. The zero-order valence-electron chi connectivity index (χ0n) is 12.7. The third kappa shape index (κ3) is 8.48. The van der Waals surface area contributed by atoms with Crippen molar-refractivity contribution in [3.63, 3.8) is 0 Å². The van der Waals surface area contributed by atoms with Crippen molar-refractivity contribution in [1.82, 2.24) is 5.32 Å². The van der Waals surface area contributed by atoms with Gasteiger partial charge in [0, 0.05) is 19.0 Å². The number of hydrogen-bond acceptors (Lipinski definition) is 3. The van der Waals surface area contributed by atoms with E-state index in [9.17, 15) is 9.90 Å². The Morgan fingerprint density at radius 1 is 1.22 bits per heavy atom. The first kappa shape index (κ1) is 17.4. The van der Waals surface area contributed by atoms with E-state index in [2.05, 4.69) is 26.1 Å². The Morgan fingerprint density at radius 2 is 1.72 bits per heavy atom. The van der Waals surface area contributed by atoms with Gasteiger partial charge in [0.25, 0.3) is 0 Å². The summed E-state index contributed by atoms with van der Waals surface area (Å²) in [5, 5.41) is 12.5. The minimum absolute atomic E-state index is 0.0615. The van der Waals surface area contributed by atoms with Crippen LogP contribution in [0.3, 0.4) is 0 Å². The van der Waals surface area contributed by atoms with Crippen LogP contribution in [0, 0.1) is 10.8 Å². The number of aliphatic hydroxyl groups excluding tert-OH is 1. The van der Waals surface area contributed by atoms with Crippen LogP contribution < -0.4 is 11.1 Å². The molecule has 0 aromatic rings. The quantitative estimate of drug-likeness (QED) is 0.702. The van der Waals surface area contributed by atoms with Crippen molar-refractivity contribution in [2.75, 3.05) is 6.54 Å². The zero-order chi connectivity index (χ0) is 14.6. The van der Waals surface area contributed by atoms with E-state index in [4.69, 9.17) is 5.73 Å². The number of rotatable bonds is 5. The van der Waals surface area contributed by atoms with Gasteiger partial charge in [-0.05, 0) is 17.3 Å². The van der Waals surface area contributed by atoms with Gasteiger partial charge in [-0.3, -0.25) is 4.79 Å². The number of aliphatic hydroxyl groups is 1. The van der Waals surface area contributed by atoms with Gasteiger partial charge in [-0.1, -0.05) is 41.5 Å². The first-order valence-electron chi connectivity index (χ1n) is 6.62. The molecule has 0 heterocycles. The highest BCUT2D eigenvalue weighted by atomic mass is 16.3. The van der Waals surface area contributed by atoms with Gasteiger partial charge in [-0.15, -0.1) is 0 Å². The fourth-order valence-electron chi connectivity index (χ4n) is 1.59. The number of nitrogens with one attached hydrogen (secondary N) is 1. The number of carbonyl (C=O) groups excluding carboxylic acids is 1. The lowest BCUT2D eigenvalue weighted by Gasteiger charge is -2.27. The van der Waals surface area contributed by atoms with Crippen molar-refractivity contribution in [3.05, 3.63) is 0 Å². The second-order valence-electron chi connectivity index (χ2n) is 7.40. The van der Waals surface area contributed by atoms with Crippen molar-refractivity contribution in [1.29, 1.82) is 0 Å². The van der Waals surface area contributed by atoms with Gasteiger partial charge in [-0.2, -0.15) is 0 Å². The van der Waals surface area contributed by atoms with Crippen LogP contribution in [0.2, 0.25) is 0 Å². The third-order valence-corrected chi connectivity index (χ3v) is 2.90. The molecule has 0 bridgehead atoms. The summed E-state index contributed by atoms with van der Waals surface area (Å²) in [5.41, 5.74) is 5.92. The molecule has 0 spiro atoms. The monoisotopic (exact) mass is 258 g/mol. The average molecular weight is 258 g/mol. The first-order valence-corrected chi connectivity index (χ1v) is 6.62. The van der Waals surface area contributed by atoms with Crippen molar-refractivity contribution in [2.24, 2.45) is 16.6 Å². The maximum Gasteiger partial charge on any atom is 0.221 e. The van der Waals surface area contributed by atoms with E-state index in [-0.39, 0.29) is 22.8 Å². The van der Waals surface area contributed by atoms with E-state index in [1.54, 1.807) is 0 Å². The van der Waals surface area contributed by atoms with Gasteiger partial charge in [-0.25, -0.2) is 0 Å². The molecule has 1 amide bonds. The standard InChI is InChI=1S/C14H30N2O2/c1-13(2,3)8-10(17)9-16-12(18)7-11(15)14(4,5)6/h10-11,17H,7-9,15H2,1-6H3,(H,16,18). The number of nitrogens with two attached hydrogens (primary N) is 1. The van der Waals surface area contributed by atoms with Crippen molar-refractivity contribution in [3.8, 4) is 0 Å². The van der Waals surface area contributed by atoms with Crippen LogP contribution >= 0.6 is 0 Å². The lowest BCUT2D eigenvalue weighted by molar-refractivity contribution is -0.122. The van der Waals surface area contributed by atoms with Crippen LogP contribution in [-0.2, 0) is 4.79 Å². The molecule has 4 nitrogen and oxygen atoms in total. The normalized spacial score (nSPS) is 16.2. The Kier molecular flexibility index (Phi) is 6.30. The molecule has 18 heavy (non-hydrogen) atoms. The van der Waals surface area contributed by atoms with E-state index in [1.807, 2.05) is 20.8 Å². The highest BCUT2D eigenvalue weighted by molar-refractivity contribution is 5.76. The van der Waals surface area contributed by atoms with Crippen molar-refractivity contribution >= 4 is 5.91 Å². The van der Waals surface area contributed by atoms with Crippen molar-refractivity contribution in [2.45, 2.75) is 66.5 Å². The maximum atomic E-state index is 11.7. The zero-order valence-corrected chi connectivity index (χ0v) is 12.7. The van der Waals surface area contributed by atoms with Gasteiger partial charge in [0.15, 0.2) is 0 Å². The van der Waals surface area contributed by atoms with E-state index in [0.717, 1.165) is 0 Å². The molecule has 0 fully saturated rings. The Hall–Kier alpha value is -0.610. The second-order valence-corrected chi connectivity index (χ2v) is 7.40. The molecule has 4 heteroatoms. The molecule has 0 rings (SSSR count). The minimum Gasteiger partial charge on any atom is -0.391 e. The summed E-state index contributed by atoms with van der Waals surface area (Å²) in [4.78, 5) is 11.7. The molecule has 0 aliphatic heterocycles. The molecule has 0 saturated carbocycles. The first-order chi connectivity index (χ1) is 7.92. The van der Waals surface area contributed by atoms with Gasteiger partial charge < -0.3 is 16.2 Å². The predicted octanol–water partition coefficient (Wildman–Crippen LogP) is 1.66. The minimum atomic E-state index is -0.500. The van der Waals surface area contributed by atoms with E-state index >= 15 is 0 Å². The number of carbonyl (C=O) groups is 1. The number of amides is 1. The SMILES string of the molecule is CC(C)(C)CC(O)CNC(=O)CC(N)C(C)(C)C. The largest absolute Gasteiger partial charge is 0.391 e. The smallest absolute Gasteiger partial charge is 0.221 e. The van der Waals surface area contributed by atoms with Gasteiger partial charge >= 0.3 is 0 Å². The van der Waals surface area contributed by atoms with Crippen LogP contribution in [0.15, 0.2) is 0 Å². The second kappa shape index (κ2) is 6.53. The molecular weight excluding hydrogens is 228 g/mol. The van der Waals surface area contributed by atoms with Gasteiger partial charge in [0.1, 0.15) is 0 Å². The van der Waals surface area contributed by atoms with E-state index in [0.29, 0.717) is 19.4 Å². The summed E-state index contributed by atoms with van der Waals surface area (Å²) in [5.74, 6) is -0.0922. The van der Waals surface area contributed by atoms with Crippen LogP contribution in [-0.4, -0.2) is 29.7 Å². The molecule has 4 N–H and O–H groups in total. The summed E-state index contributed by atoms with van der Waals surface area (Å²) in [7, 11) is 0. The molecular formula is C14H30N2O2. The fourth-order valence-corrected chi connectivity index (χ4v) is 1.59. The Bertz CT molecular complexity index is 264. The van der Waals surface area contributed by atoms with Crippen LogP contribution in [0.25, 0.3) is 0 Å². The third-order valence-electron chi connectivity index (χ3n) is 2.90. The molecule has 0 aliphatic carbocycles. The molecule has 0 aliphatic rings. The Balaban J connectivity index is 3.98. The molecule has 2 unspecified atom stereocenters. The summed E-state index contributed by atoms with van der Waals surface area (Å²) < 4.78 is 0. The van der Waals surface area contributed by atoms with Gasteiger partial charge in [0.05, 0.1) is 6.10 Å². The summed E-state index contributed by atoms with van der Waals surface area (Å²) in [6, 6.07) is -0.169. The van der Waals surface area contributed by atoms with E-state index < -0.39 is 6.10 Å². The topological polar surface area (TPSA) is 75.3 Å². The molecule has 0 radical (unpaired) electrons. The van der Waals surface area contributed by atoms with Gasteiger partial charge in [0.2, 0.25) is 5.91 Å². The molecule has 108 valence electrons. The van der Waals surface area contributed by atoms with Crippen molar-refractivity contribution < 1.29 is 9.90 Å². The lowest BCUT2D eigenvalue weighted by atomic mass is 9.85. The number of hydrogen-bond donors (Lipinski definition) is 3. The summed E-state index contributed by atoms with van der Waals surface area (Å²) >= 11 is 0. The van der Waals surface area contributed by atoms with Crippen LogP contribution in [0.4, 0.5) is 0 Å². The lowest BCUT2D eigenvalue weighted by Crippen LogP contribution is -2.42. The summed E-state index contributed by atoms with van der Waals surface area (Å²) in [6.45, 7) is 12.5. The molecule has 0 aromatic carbocycles. The maximum absolute atomic E-state index is 11.7. The summed E-state index contributed by atoms with van der Waals surface area (Å²) in [6.07, 6.45) is 0.462. The molecule has 2 atom stereocenters. The Labute approximate surface area is 111 Å². The Morgan fingerprint density at radius 3 is 2.11 bits per heavy atom. The molecule has 0 saturated heterocycles. The van der Waals surface area contributed by atoms with Crippen LogP contribution in [0.1, 0.15) is 54.4 Å². The predicted molar refractivity (Wildman–Crippen MR) is 75.1 cm³/mol.